The molecule has 1 aromatic rings. The molecule has 6 heteroatoms. The molecule has 3 unspecified atom stereocenters. The first kappa shape index (κ1) is 16.5. The van der Waals surface area contributed by atoms with Gasteiger partial charge in [-0.25, -0.2) is 0 Å². The smallest absolute Gasteiger partial charge is 0.179 e. The van der Waals surface area contributed by atoms with E-state index in [0.29, 0.717) is 42.0 Å². The minimum atomic E-state index is 0.475. The molecule has 3 atom stereocenters. The molecular weight excluding hydrogens is 328 g/mol. The standard InChI is InChI=1S/C18H25ClN2O3/c19-14-8-12(9-17-18(14)24-7-6-23-17)10-21-15-3-1-2-13(15)16-11-22-5-4-20-16/h8-9,13,15-16,20-21H,1-7,10-11H2. The lowest BCUT2D eigenvalue weighted by molar-refractivity contribution is 0.0524. The summed E-state index contributed by atoms with van der Waals surface area (Å²) in [6, 6.07) is 5.02. The van der Waals surface area contributed by atoms with Crippen molar-refractivity contribution in [3.05, 3.63) is 22.7 Å². The van der Waals surface area contributed by atoms with Crippen molar-refractivity contribution in [2.75, 3.05) is 33.0 Å². The van der Waals surface area contributed by atoms with Gasteiger partial charge in [0.2, 0.25) is 0 Å². The molecule has 2 fully saturated rings. The minimum absolute atomic E-state index is 0.475. The van der Waals surface area contributed by atoms with Gasteiger partial charge in [0.05, 0.1) is 18.2 Å². The normalized spacial score (nSPS) is 29.6. The molecule has 2 aliphatic heterocycles. The van der Waals surface area contributed by atoms with Crippen LogP contribution < -0.4 is 20.1 Å². The summed E-state index contributed by atoms with van der Waals surface area (Å²) in [4.78, 5) is 0. The Bertz CT molecular complexity index is 578. The lowest BCUT2D eigenvalue weighted by atomic mass is 9.94. The molecular formula is C18H25ClN2O3. The SMILES string of the molecule is Clc1cc(CNC2CCCC2C2COCCN2)cc2c1OCCO2. The Balaban J connectivity index is 1.40. The van der Waals surface area contributed by atoms with Gasteiger partial charge in [0.15, 0.2) is 11.5 Å². The van der Waals surface area contributed by atoms with Crippen molar-refractivity contribution in [2.24, 2.45) is 5.92 Å². The summed E-state index contributed by atoms with van der Waals surface area (Å²) in [5.74, 6) is 2.07. The molecule has 0 radical (unpaired) electrons. The quantitative estimate of drug-likeness (QED) is 0.871. The molecule has 0 amide bonds. The lowest BCUT2D eigenvalue weighted by Gasteiger charge is -2.33. The summed E-state index contributed by atoms with van der Waals surface area (Å²) in [6.07, 6.45) is 3.77. The van der Waals surface area contributed by atoms with Crippen LogP contribution in [0.25, 0.3) is 0 Å². The highest BCUT2D eigenvalue weighted by atomic mass is 35.5. The third-order valence-corrected chi connectivity index (χ3v) is 5.54. The Morgan fingerprint density at radius 1 is 1.17 bits per heavy atom. The van der Waals surface area contributed by atoms with E-state index in [1.54, 1.807) is 0 Å². The Morgan fingerprint density at radius 2 is 2.08 bits per heavy atom. The average molecular weight is 353 g/mol. The molecule has 4 rings (SSSR count). The van der Waals surface area contributed by atoms with Gasteiger partial charge in [0.25, 0.3) is 0 Å². The van der Waals surface area contributed by atoms with Crippen LogP contribution in [0.1, 0.15) is 24.8 Å². The second-order valence-corrected chi connectivity index (χ2v) is 7.23. The van der Waals surface area contributed by atoms with Crippen LogP contribution in [-0.4, -0.2) is 45.1 Å². The van der Waals surface area contributed by atoms with Crippen molar-refractivity contribution in [3.8, 4) is 11.5 Å². The highest BCUT2D eigenvalue weighted by molar-refractivity contribution is 6.32. The number of benzene rings is 1. The van der Waals surface area contributed by atoms with Crippen molar-refractivity contribution in [2.45, 2.75) is 37.9 Å². The Hall–Kier alpha value is -1.01. The van der Waals surface area contributed by atoms with Crippen LogP contribution in [0.15, 0.2) is 12.1 Å². The number of ether oxygens (including phenoxy) is 3. The number of nitrogens with one attached hydrogen (secondary N) is 2. The van der Waals surface area contributed by atoms with Gasteiger partial charge in [0.1, 0.15) is 13.2 Å². The van der Waals surface area contributed by atoms with Gasteiger partial charge in [-0.1, -0.05) is 18.0 Å². The van der Waals surface area contributed by atoms with E-state index >= 15 is 0 Å². The van der Waals surface area contributed by atoms with Crippen molar-refractivity contribution < 1.29 is 14.2 Å². The summed E-state index contributed by atoms with van der Waals surface area (Å²) < 4.78 is 16.9. The second-order valence-electron chi connectivity index (χ2n) is 6.82. The zero-order valence-electron chi connectivity index (χ0n) is 13.9. The van der Waals surface area contributed by atoms with Crippen molar-refractivity contribution in [3.63, 3.8) is 0 Å². The Labute approximate surface area is 148 Å². The first-order valence-electron chi connectivity index (χ1n) is 8.94. The predicted octanol–water partition coefficient (Wildman–Crippen LogP) is 2.36. The van der Waals surface area contributed by atoms with Crippen molar-refractivity contribution in [1.29, 1.82) is 0 Å². The van der Waals surface area contributed by atoms with E-state index in [4.69, 9.17) is 25.8 Å². The maximum Gasteiger partial charge on any atom is 0.179 e. The first-order valence-corrected chi connectivity index (χ1v) is 9.31. The van der Waals surface area contributed by atoms with Crippen LogP contribution in [0, 0.1) is 5.92 Å². The molecule has 132 valence electrons. The van der Waals surface area contributed by atoms with Gasteiger partial charge in [-0.3, -0.25) is 0 Å². The molecule has 0 aromatic heterocycles. The summed E-state index contributed by atoms with van der Waals surface area (Å²) >= 11 is 6.33. The van der Waals surface area contributed by atoms with E-state index in [1.807, 2.05) is 12.1 Å². The zero-order chi connectivity index (χ0) is 16.4. The second kappa shape index (κ2) is 7.48. The molecule has 5 nitrogen and oxygen atoms in total. The summed E-state index contributed by atoms with van der Waals surface area (Å²) in [7, 11) is 0. The van der Waals surface area contributed by atoms with E-state index in [9.17, 15) is 0 Å². The Morgan fingerprint density at radius 3 is 2.96 bits per heavy atom. The molecule has 2 N–H and O–H groups in total. The van der Waals surface area contributed by atoms with Gasteiger partial charge >= 0.3 is 0 Å². The van der Waals surface area contributed by atoms with Gasteiger partial charge < -0.3 is 24.8 Å². The lowest BCUT2D eigenvalue weighted by Crippen LogP contribution is -2.50. The fraction of sp³-hybridized carbons (Fsp3) is 0.667. The fourth-order valence-corrected chi connectivity index (χ4v) is 4.39. The first-order chi connectivity index (χ1) is 11.8. The molecule has 24 heavy (non-hydrogen) atoms. The molecule has 0 spiro atoms. The van der Waals surface area contributed by atoms with Gasteiger partial charge in [-0.05, 0) is 36.5 Å². The average Bonchev–Trinajstić information content (AvgIpc) is 3.09. The molecule has 3 aliphatic rings. The van der Waals surface area contributed by atoms with Gasteiger partial charge in [0, 0.05) is 25.2 Å². The van der Waals surface area contributed by atoms with Crippen LogP contribution in [0.2, 0.25) is 5.02 Å². The number of rotatable bonds is 4. The van der Waals surface area contributed by atoms with Crippen LogP contribution in [0.5, 0.6) is 11.5 Å². The van der Waals surface area contributed by atoms with Crippen molar-refractivity contribution in [1.82, 2.24) is 10.6 Å². The van der Waals surface area contributed by atoms with E-state index < -0.39 is 0 Å². The van der Waals surface area contributed by atoms with Gasteiger partial charge in [-0.2, -0.15) is 0 Å². The van der Waals surface area contributed by atoms with Crippen molar-refractivity contribution >= 4 is 11.6 Å². The summed E-state index contributed by atoms with van der Waals surface area (Å²) in [5, 5.41) is 7.98. The van der Waals surface area contributed by atoms with Crippen LogP contribution >= 0.6 is 11.6 Å². The third-order valence-electron chi connectivity index (χ3n) is 5.26. The topological polar surface area (TPSA) is 51.8 Å². The highest BCUT2D eigenvalue weighted by Gasteiger charge is 2.34. The summed E-state index contributed by atoms with van der Waals surface area (Å²) in [5.41, 5.74) is 1.14. The maximum absolute atomic E-state index is 6.33. The molecule has 1 saturated carbocycles. The van der Waals surface area contributed by atoms with Crippen LogP contribution in [0.3, 0.4) is 0 Å². The summed E-state index contributed by atoms with van der Waals surface area (Å²) in [6.45, 7) is 4.56. The van der Waals surface area contributed by atoms with E-state index in [-0.39, 0.29) is 0 Å². The number of hydrogen-bond acceptors (Lipinski definition) is 5. The van der Waals surface area contributed by atoms with Gasteiger partial charge in [-0.15, -0.1) is 0 Å². The number of fused-ring (bicyclic) bond motifs is 1. The minimum Gasteiger partial charge on any atom is -0.486 e. The number of halogens is 1. The van der Waals surface area contributed by atoms with E-state index in [2.05, 4.69) is 10.6 Å². The predicted molar refractivity (Wildman–Crippen MR) is 93.0 cm³/mol. The zero-order valence-corrected chi connectivity index (χ0v) is 14.6. The third kappa shape index (κ3) is 3.49. The molecule has 0 bridgehead atoms. The largest absolute Gasteiger partial charge is 0.486 e. The molecule has 1 aromatic carbocycles. The number of morpholine rings is 1. The molecule has 2 heterocycles. The number of hydrogen-bond donors (Lipinski definition) is 2. The van der Waals surface area contributed by atoms with E-state index in [0.717, 1.165) is 37.6 Å². The fourth-order valence-electron chi connectivity index (χ4n) is 4.10. The monoisotopic (exact) mass is 352 g/mol. The van der Waals surface area contributed by atoms with Crippen LogP contribution in [0.4, 0.5) is 0 Å². The molecule has 1 aliphatic carbocycles. The van der Waals surface area contributed by atoms with E-state index in [1.165, 1.54) is 19.3 Å². The Kier molecular flexibility index (Phi) is 5.13. The maximum atomic E-state index is 6.33. The highest BCUT2D eigenvalue weighted by Crippen LogP contribution is 2.38. The van der Waals surface area contributed by atoms with Crippen LogP contribution in [-0.2, 0) is 11.3 Å². The molecule has 1 saturated heterocycles.